The number of amides is 1. The molecule has 6 heteroatoms. The third kappa shape index (κ3) is 5.25. The van der Waals surface area contributed by atoms with Crippen LogP contribution in [0.15, 0.2) is 36.4 Å². The van der Waals surface area contributed by atoms with E-state index in [-0.39, 0.29) is 5.91 Å². The quantitative estimate of drug-likeness (QED) is 0.519. The Morgan fingerprint density at radius 1 is 1.14 bits per heavy atom. The highest BCUT2D eigenvalue weighted by Gasteiger charge is 2.39. The number of anilines is 1. The molecule has 2 aromatic carbocycles. The van der Waals surface area contributed by atoms with Crippen LogP contribution in [0.4, 0.5) is 5.69 Å². The van der Waals surface area contributed by atoms with Gasteiger partial charge in [0.15, 0.2) is 0 Å². The molecule has 2 aliphatic rings. The smallest absolute Gasteiger partial charge is 0.224 e. The lowest BCUT2D eigenvalue weighted by atomic mass is 10.0. The van der Waals surface area contributed by atoms with E-state index in [9.17, 15) is 4.79 Å². The third-order valence-corrected chi connectivity index (χ3v) is 6.54. The molecule has 1 heterocycles. The molecule has 4 rings (SSSR count). The molecule has 2 unspecified atom stereocenters. The summed E-state index contributed by atoms with van der Waals surface area (Å²) < 4.78 is 5.84. The van der Waals surface area contributed by atoms with Gasteiger partial charge in [-0.25, -0.2) is 0 Å². The van der Waals surface area contributed by atoms with Crippen LogP contribution in [0.5, 0.6) is 5.75 Å². The third-order valence-electron chi connectivity index (χ3n) is 5.70. The van der Waals surface area contributed by atoms with E-state index >= 15 is 0 Å². The molecule has 1 fully saturated rings. The Morgan fingerprint density at radius 3 is 2.93 bits per heavy atom. The van der Waals surface area contributed by atoms with E-state index in [2.05, 4.69) is 16.7 Å². The molecule has 154 valence electrons. The van der Waals surface area contributed by atoms with Gasteiger partial charge < -0.3 is 15.4 Å². The zero-order chi connectivity index (χ0) is 20.2. The van der Waals surface area contributed by atoms with Gasteiger partial charge in [0.2, 0.25) is 5.91 Å². The minimum absolute atomic E-state index is 0.0799. The van der Waals surface area contributed by atoms with Gasteiger partial charge in [0.25, 0.3) is 0 Å². The van der Waals surface area contributed by atoms with Crippen LogP contribution in [0.3, 0.4) is 0 Å². The van der Waals surface area contributed by atoms with E-state index in [0.29, 0.717) is 34.9 Å². The van der Waals surface area contributed by atoms with Crippen LogP contribution in [0.1, 0.15) is 42.7 Å². The molecule has 0 spiro atoms. The number of carbonyl (C=O) groups is 1. The Kier molecular flexibility index (Phi) is 6.63. The molecule has 2 aromatic rings. The summed E-state index contributed by atoms with van der Waals surface area (Å²) in [5.41, 5.74) is 3.25. The zero-order valence-electron chi connectivity index (χ0n) is 16.3. The molecular weight excluding hydrogens is 407 g/mol. The summed E-state index contributed by atoms with van der Waals surface area (Å²) in [5, 5.41) is 7.81. The number of fused-ring (bicyclic) bond motifs is 1. The highest BCUT2D eigenvalue weighted by Crippen LogP contribution is 2.50. The molecule has 0 aromatic heterocycles. The zero-order valence-corrected chi connectivity index (χ0v) is 17.9. The molecule has 1 amide bonds. The Balaban J connectivity index is 1.10. The molecule has 2 atom stereocenters. The molecule has 0 radical (unpaired) electrons. The number of carbonyl (C=O) groups excluding carboxylic acids is 1. The van der Waals surface area contributed by atoms with E-state index in [0.717, 1.165) is 43.8 Å². The van der Waals surface area contributed by atoms with E-state index in [1.54, 1.807) is 0 Å². The highest BCUT2D eigenvalue weighted by molar-refractivity contribution is 6.42. The lowest BCUT2D eigenvalue weighted by Crippen LogP contribution is -2.19. The lowest BCUT2D eigenvalue weighted by Gasteiger charge is -2.17. The van der Waals surface area contributed by atoms with Gasteiger partial charge in [-0.3, -0.25) is 4.79 Å². The Bertz CT molecular complexity index is 887. The molecule has 1 aliphatic heterocycles. The normalized spacial score (nSPS) is 20.1. The van der Waals surface area contributed by atoms with Crippen LogP contribution in [0.2, 0.25) is 10.0 Å². The second-order valence-electron chi connectivity index (χ2n) is 7.87. The number of ether oxygens (including phenoxy) is 1. The van der Waals surface area contributed by atoms with Crippen LogP contribution >= 0.6 is 23.2 Å². The van der Waals surface area contributed by atoms with Crippen LogP contribution < -0.4 is 15.4 Å². The molecule has 0 saturated heterocycles. The van der Waals surface area contributed by atoms with Gasteiger partial charge in [0, 0.05) is 18.2 Å². The first-order valence-electron chi connectivity index (χ1n) is 10.3. The van der Waals surface area contributed by atoms with Crippen molar-refractivity contribution in [1.29, 1.82) is 0 Å². The van der Waals surface area contributed by atoms with Crippen LogP contribution in [-0.4, -0.2) is 25.6 Å². The number of aryl methyl sites for hydroxylation is 1. The summed E-state index contributed by atoms with van der Waals surface area (Å²) in [4.78, 5) is 11.5. The molecule has 1 aliphatic carbocycles. The molecule has 1 saturated carbocycles. The van der Waals surface area contributed by atoms with Gasteiger partial charge in [0.05, 0.1) is 16.7 Å². The summed E-state index contributed by atoms with van der Waals surface area (Å²) in [6.45, 7) is 2.67. The maximum absolute atomic E-state index is 11.5. The Labute approximate surface area is 181 Å². The van der Waals surface area contributed by atoms with Gasteiger partial charge in [0.1, 0.15) is 5.75 Å². The number of rotatable bonds is 9. The summed E-state index contributed by atoms with van der Waals surface area (Å²) in [6.07, 6.45) is 4.60. The van der Waals surface area contributed by atoms with Gasteiger partial charge >= 0.3 is 0 Å². The van der Waals surface area contributed by atoms with Crippen molar-refractivity contribution in [1.82, 2.24) is 5.32 Å². The first kappa shape index (κ1) is 20.5. The first-order valence-corrected chi connectivity index (χ1v) is 11.1. The number of halogens is 2. The summed E-state index contributed by atoms with van der Waals surface area (Å²) in [6, 6.07) is 11.9. The van der Waals surface area contributed by atoms with Crippen molar-refractivity contribution < 1.29 is 9.53 Å². The molecular formula is C23H26Cl2N2O2. The number of unbranched alkanes of at least 4 members (excludes halogenated alkanes) is 1. The maximum atomic E-state index is 11.5. The van der Waals surface area contributed by atoms with Crippen molar-refractivity contribution in [3.05, 3.63) is 57.6 Å². The fourth-order valence-electron chi connectivity index (χ4n) is 3.93. The van der Waals surface area contributed by atoms with Crippen LogP contribution in [0, 0.1) is 5.92 Å². The van der Waals surface area contributed by atoms with Crippen molar-refractivity contribution in [3.63, 3.8) is 0 Å². The van der Waals surface area contributed by atoms with Gasteiger partial charge in [-0.1, -0.05) is 41.4 Å². The van der Waals surface area contributed by atoms with E-state index < -0.39 is 0 Å². The largest absolute Gasteiger partial charge is 0.494 e. The average Bonchev–Trinajstić information content (AvgIpc) is 3.48. The van der Waals surface area contributed by atoms with Crippen molar-refractivity contribution in [3.8, 4) is 5.75 Å². The van der Waals surface area contributed by atoms with Crippen LogP contribution in [0.25, 0.3) is 0 Å². The van der Waals surface area contributed by atoms with E-state index in [1.807, 2.05) is 30.3 Å². The fourth-order valence-corrected chi connectivity index (χ4v) is 4.38. The van der Waals surface area contributed by atoms with Crippen LogP contribution in [-0.2, 0) is 11.2 Å². The number of hydrogen-bond donors (Lipinski definition) is 2. The fraction of sp³-hybridized carbons (Fsp3) is 0.435. The minimum atomic E-state index is 0.0799. The summed E-state index contributed by atoms with van der Waals surface area (Å²) in [7, 11) is 0. The van der Waals surface area contributed by atoms with Gasteiger partial charge in [-0.2, -0.15) is 0 Å². The number of nitrogens with one attached hydrogen (secondary N) is 2. The number of benzene rings is 2. The lowest BCUT2D eigenvalue weighted by molar-refractivity contribution is -0.116. The SMILES string of the molecule is O=C1CCc2ccc(OCCCCNCC3CC3c3cccc(Cl)c3Cl)cc2N1. The average molecular weight is 433 g/mol. The Morgan fingerprint density at radius 2 is 2.03 bits per heavy atom. The predicted octanol–water partition coefficient (Wildman–Crippen LogP) is 5.43. The first-order chi connectivity index (χ1) is 14.1. The molecule has 4 nitrogen and oxygen atoms in total. The van der Waals surface area contributed by atoms with Crippen molar-refractivity contribution in [2.75, 3.05) is 25.0 Å². The molecule has 2 N–H and O–H groups in total. The van der Waals surface area contributed by atoms with Gasteiger partial charge in [-0.05, 0) is 73.9 Å². The Hall–Kier alpha value is -1.75. The predicted molar refractivity (Wildman–Crippen MR) is 118 cm³/mol. The van der Waals surface area contributed by atoms with E-state index in [1.165, 1.54) is 17.5 Å². The maximum Gasteiger partial charge on any atom is 0.224 e. The summed E-state index contributed by atoms with van der Waals surface area (Å²) in [5.74, 6) is 2.07. The van der Waals surface area contributed by atoms with Crippen molar-refractivity contribution >= 4 is 34.8 Å². The monoisotopic (exact) mass is 432 g/mol. The second-order valence-corrected chi connectivity index (χ2v) is 8.66. The van der Waals surface area contributed by atoms with E-state index in [4.69, 9.17) is 27.9 Å². The highest BCUT2D eigenvalue weighted by atomic mass is 35.5. The number of hydrogen-bond acceptors (Lipinski definition) is 3. The summed E-state index contributed by atoms with van der Waals surface area (Å²) >= 11 is 12.4. The topological polar surface area (TPSA) is 50.4 Å². The van der Waals surface area contributed by atoms with Crippen molar-refractivity contribution in [2.45, 2.75) is 38.0 Å². The molecule has 0 bridgehead atoms. The minimum Gasteiger partial charge on any atom is -0.494 e. The molecule has 29 heavy (non-hydrogen) atoms. The van der Waals surface area contributed by atoms with Gasteiger partial charge in [-0.15, -0.1) is 0 Å². The second kappa shape index (κ2) is 9.38. The van der Waals surface area contributed by atoms with Crippen molar-refractivity contribution in [2.24, 2.45) is 5.92 Å². The standard InChI is InChI=1S/C23H26Cl2N2O2/c24-20-5-3-4-18(23(20)25)19-12-16(19)14-26-10-1-2-11-29-17-8-6-15-7-9-22(28)27-21(15)13-17/h3-6,8,13,16,19,26H,1-2,7,9-12,14H2,(H,27,28).